The standard InChI is InChI=1S/C53H92/c1-5-9-13-17-21-25-29-35-41-52(42-36-30-26-22-18-14-10-6-2)46-50-49-40-34-33-39-48(49)45-51(50)53(47-52,43-37-31-27-23-19-15-11-7-3)44-38-32-28-24-20-16-12-8-4/h33-34,39-40,45-46H,5-32,35-38,41-44,47H2,1-4H3. The van der Waals surface area contributed by atoms with E-state index >= 15 is 0 Å². The molecule has 304 valence electrons. The molecule has 0 heterocycles. The summed E-state index contributed by atoms with van der Waals surface area (Å²) in [6.07, 6.45) is 58.5. The maximum absolute atomic E-state index is 2.92. The number of benzene rings is 1. The largest absolute Gasteiger partial charge is 0.0701 e. The number of hydrogen-bond donors (Lipinski definition) is 0. The zero-order chi connectivity index (χ0) is 37.7. The van der Waals surface area contributed by atoms with Gasteiger partial charge in [0, 0.05) is 0 Å². The molecule has 0 amide bonds. The second-order valence-electron chi connectivity index (χ2n) is 18.4. The molecular weight excluding hydrogens is 637 g/mol. The summed E-state index contributed by atoms with van der Waals surface area (Å²) >= 11 is 0. The lowest BCUT2D eigenvalue weighted by Gasteiger charge is -2.49. The average Bonchev–Trinajstić information content (AvgIpc) is 3.55. The molecule has 0 unspecified atom stereocenters. The average molecular weight is 729 g/mol. The molecule has 53 heavy (non-hydrogen) atoms. The Bertz CT molecular complexity index is 1050. The van der Waals surface area contributed by atoms with Crippen LogP contribution >= 0.6 is 0 Å². The quantitative estimate of drug-likeness (QED) is 0.0604. The normalized spacial score (nSPS) is 15.7. The van der Waals surface area contributed by atoms with Crippen molar-refractivity contribution in [3.8, 4) is 0 Å². The van der Waals surface area contributed by atoms with Crippen LogP contribution in [0.5, 0.6) is 0 Å². The third-order valence-electron chi connectivity index (χ3n) is 13.6. The van der Waals surface area contributed by atoms with E-state index in [0.29, 0.717) is 10.8 Å². The number of allylic oxidation sites excluding steroid dienone is 3. The molecule has 0 saturated heterocycles. The van der Waals surface area contributed by atoms with Gasteiger partial charge >= 0.3 is 0 Å². The van der Waals surface area contributed by atoms with Crippen molar-refractivity contribution in [2.45, 2.75) is 265 Å². The Kier molecular flexibility index (Phi) is 25.2. The van der Waals surface area contributed by atoms with E-state index in [2.05, 4.69) is 64.1 Å². The zero-order valence-electron chi connectivity index (χ0n) is 36.6. The van der Waals surface area contributed by atoms with E-state index in [-0.39, 0.29) is 0 Å². The fraction of sp³-hybridized carbons (Fsp3) is 0.811. The minimum absolute atomic E-state index is 0.355. The monoisotopic (exact) mass is 729 g/mol. The minimum Gasteiger partial charge on any atom is -0.0701 e. The van der Waals surface area contributed by atoms with Crippen molar-refractivity contribution in [3.05, 3.63) is 47.0 Å². The van der Waals surface area contributed by atoms with Gasteiger partial charge in [0.2, 0.25) is 0 Å². The summed E-state index contributed by atoms with van der Waals surface area (Å²) in [6, 6.07) is 9.52. The van der Waals surface area contributed by atoms with E-state index in [9.17, 15) is 0 Å². The van der Waals surface area contributed by atoms with Crippen LogP contribution < -0.4 is 0 Å². The van der Waals surface area contributed by atoms with Crippen LogP contribution in [0.4, 0.5) is 0 Å². The Morgan fingerprint density at radius 3 is 1.13 bits per heavy atom. The molecule has 2 aliphatic rings. The summed E-state index contributed by atoms with van der Waals surface area (Å²) in [7, 11) is 0. The first-order valence-electron chi connectivity index (χ1n) is 24.7. The van der Waals surface area contributed by atoms with Gasteiger partial charge < -0.3 is 0 Å². The molecule has 2 aliphatic carbocycles. The third-order valence-corrected chi connectivity index (χ3v) is 13.6. The Labute approximate surface area is 333 Å². The number of unbranched alkanes of at least 4 members (excludes halogenated alkanes) is 28. The highest BCUT2D eigenvalue weighted by molar-refractivity contribution is 5.96. The van der Waals surface area contributed by atoms with Gasteiger partial charge in [-0.15, -0.1) is 0 Å². The summed E-state index contributed by atoms with van der Waals surface area (Å²) in [5, 5.41) is 0. The topological polar surface area (TPSA) is 0 Å². The van der Waals surface area contributed by atoms with Crippen molar-refractivity contribution in [2.75, 3.05) is 0 Å². The van der Waals surface area contributed by atoms with Crippen molar-refractivity contribution in [3.63, 3.8) is 0 Å². The Hall–Kier alpha value is -1.30. The molecule has 0 N–H and O–H groups in total. The molecule has 1 aromatic carbocycles. The van der Waals surface area contributed by atoms with Gasteiger partial charge in [-0.3, -0.25) is 0 Å². The lowest BCUT2D eigenvalue weighted by molar-refractivity contribution is 0.142. The highest BCUT2D eigenvalue weighted by Gasteiger charge is 2.48. The summed E-state index contributed by atoms with van der Waals surface area (Å²) in [5.41, 5.74) is 7.26. The molecule has 0 spiro atoms. The molecule has 0 radical (unpaired) electrons. The van der Waals surface area contributed by atoms with Crippen LogP contribution in [0.2, 0.25) is 0 Å². The molecule has 0 aliphatic heterocycles. The molecule has 0 saturated carbocycles. The SMILES string of the molecule is CCCCCCCCCCC1(CCCCCCCCCC)C=C2C(=Cc3ccccc32)C(CCCCCCCCCC)(CCCCCCCCCC)C1. The lowest BCUT2D eigenvalue weighted by Crippen LogP contribution is -2.37. The number of fused-ring (bicyclic) bond motifs is 3. The second-order valence-corrected chi connectivity index (χ2v) is 18.4. The van der Waals surface area contributed by atoms with Crippen molar-refractivity contribution in [1.82, 2.24) is 0 Å². The predicted octanol–water partition coefficient (Wildman–Crippen LogP) is 19.0. The first-order chi connectivity index (χ1) is 26.1. The summed E-state index contributed by atoms with van der Waals surface area (Å²) in [5.74, 6) is 0. The van der Waals surface area contributed by atoms with Gasteiger partial charge in [-0.25, -0.2) is 0 Å². The van der Waals surface area contributed by atoms with Gasteiger partial charge in [-0.1, -0.05) is 264 Å². The fourth-order valence-electron chi connectivity index (χ4n) is 10.4. The van der Waals surface area contributed by atoms with Gasteiger partial charge in [0.1, 0.15) is 0 Å². The Balaban J connectivity index is 1.82. The molecule has 3 rings (SSSR count). The number of hydrogen-bond acceptors (Lipinski definition) is 0. The van der Waals surface area contributed by atoms with Crippen LogP contribution in [0.25, 0.3) is 11.6 Å². The van der Waals surface area contributed by atoms with Gasteiger partial charge in [-0.2, -0.15) is 0 Å². The van der Waals surface area contributed by atoms with Crippen LogP contribution in [-0.2, 0) is 0 Å². The first-order valence-corrected chi connectivity index (χ1v) is 24.7. The van der Waals surface area contributed by atoms with Gasteiger partial charge in [0.15, 0.2) is 0 Å². The molecule has 0 nitrogen and oxygen atoms in total. The van der Waals surface area contributed by atoms with Crippen LogP contribution in [0.1, 0.15) is 276 Å². The maximum Gasteiger partial charge on any atom is -0.00325 e. The van der Waals surface area contributed by atoms with Crippen molar-refractivity contribution < 1.29 is 0 Å². The molecule has 1 aromatic rings. The summed E-state index contributed by atoms with van der Waals surface area (Å²) in [4.78, 5) is 0. The van der Waals surface area contributed by atoms with Gasteiger partial charge in [-0.05, 0) is 71.3 Å². The van der Waals surface area contributed by atoms with E-state index in [1.807, 2.05) is 0 Å². The minimum atomic E-state index is 0.355. The van der Waals surface area contributed by atoms with E-state index < -0.39 is 0 Å². The van der Waals surface area contributed by atoms with E-state index in [4.69, 9.17) is 0 Å². The lowest BCUT2D eigenvalue weighted by atomic mass is 9.55. The summed E-state index contributed by atoms with van der Waals surface area (Å²) < 4.78 is 0. The van der Waals surface area contributed by atoms with Crippen LogP contribution in [0.15, 0.2) is 35.9 Å². The van der Waals surface area contributed by atoms with Gasteiger partial charge in [0.25, 0.3) is 0 Å². The van der Waals surface area contributed by atoms with Crippen molar-refractivity contribution in [2.24, 2.45) is 10.8 Å². The summed E-state index contributed by atoms with van der Waals surface area (Å²) in [6.45, 7) is 9.38. The van der Waals surface area contributed by atoms with Crippen LogP contribution in [-0.4, -0.2) is 0 Å². The van der Waals surface area contributed by atoms with E-state index in [1.165, 1.54) is 243 Å². The van der Waals surface area contributed by atoms with Crippen molar-refractivity contribution in [1.29, 1.82) is 0 Å². The van der Waals surface area contributed by atoms with Gasteiger partial charge in [0.05, 0.1) is 0 Å². The molecule has 0 aromatic heterocycles. The maximum atomic E-state index is 2.92. The Morgan fingerprint density at radius 1 is 0.396 bits per heavy atom. The molecular formula is C53H92. The van der Waals surface area contributed by atoms with Crippen LogP contribution in [0, 0.1) is 10.8 Å². The zero-order valence-corrected chi connectivity index (χ0v) is 36.6. The van der Waals surface area contributed by atoms with Crippen LogP contribution in [0.3, 0.4) is 0 Å². The van der Waals surface area contributed by atoms with E-state index in [1.54, 1.807) is 16.7 Å². The third kappa shape index (κ3) is 17.6. The molecule has 0 fully saturated rings. The number of rotatable bonds is 36. The fourth-order valence-corrected chi connectivity index (χ4v) is 10.4. The molecule has 0 heteroatoms. The molecule has 0 bridgehead atoms. The smallest absolute Gasteiger partial charge is 0.00325 e. The highest BCUT2D eigenvalue weighted by atomic mass is 14.5. The Morgan fingerprint density at radius 2 is 0.736 bits per heavy atom. The molecule has 0 atom stereocenters. The van der Waals surface area contributed by atoms with Crippen molar-refractivity contribution >= 4 is 11.6 Å². The second kappa shape index (κ2) is 29.0. The predicted molar refractivity (Wildman–Crippen MR) is 241 cm³/mol. The first kappa shape index (κ1) is 46.1. The van der Waals surface area contributed by atoms with E-state index in [0.717, 1.165) is 0 Å². The highest BCUT2D eigenvalue weighted by Crippen LogP contribution is 2.62.